The number of nitrogens with zero attached hydrogens (tertiary/aromatic N) is 4. The molecule has 1 aliphatic heterocycles. The van der Waals surface area contributed by atoms with Gasteiger partial charge in [0, 0.05) is 36.7 Å². The van der Waals surface area contributed by atoms with Gasteiger partial charge in [-0.15, -0.1) is 5.10 Å². The van der Waals surface area contributed by atoms with E-state index in [1.807, 2.05) is 30.3 Å². The first-order valence-corrected chi connectivity index (χ1v) is 9.43. The van der Waals surface area contributed by atoms with Crippen LogP contribution < -0.4 is 10.6 Å². The van der Waals surface area contributed by atoms with Gasteiger partial charge in [-0.1, -0.05) is 40.0 Å². The number of anilines is 1. The van der Waals surface area contributed by atoms with E-state index >= 15 is 0 Å². The number of nitrogens with one attached hydrogen (secondary N) is 2. The minimum absolute atomic E-state index is 0.0993. The summed E-state index contributed by atoms with van der Waals surface area (Å²) in [7, 11) is 0. The molecular weight excluding hydrogens is 368 g/mol. The molecule has 2 amide bonds. The first-order chi connectivity index (χ1) is 13.3. The average Bonchev–Trinajstić information content (AvgIpc) is 3.44. The van der Waals surface area contributed by atoms with Crippen LogP contribution in [0.25, 0.3) is 11.3 Å². The largest absolute Gasteiger partial charge is 0.368 e. The highest BCUT2D eigenvalue weighted by Crippen LogP contribution is 2.28. The normalized spacial score (nSPS) is 16.4. The van der Waals surface area contributed by atoms with E-state index < -0.39 is 0 Å². The first-order valence-electron chi connectivity index (χ1n) is 8.66. The van der Waals surface area contributed by atoms with Gasteiger partial charge in [-0.05, 0) is 12.8 Å². The number of carbonyl (C=O) groups excluding carboxylic acids is 1. The molecule has 27 heavy (non-hydrogen) atoms. The lowest BCUT2D eigenvalue weighted by Crippen LogP contribution is -2.30. The third-order valence-corrected chi connectivity index (χ3v) is 4.73. The van der Waals surface area contributed by atoms with Crippen LogP contribution >= 0.6 is 11.5 Å². The fraction of sp³-hybridized carbons (Fsp3) is 0.353. The Balaban J connectivity index is 1.28. The highest BCUT2D eigenvalue weighted by molar-refractivity contribution is 7.10. The third-order valence-electron chi connectivity index (χ3n) is 4.09. The van der Waals surface area contributed by atoms with E-state index in [-0.39, 0.29) is 12.1 Å². The summed E-state index contributed by atoms with van der Waals surface area (Å²) in [6.45, 7) is 1.10. The number of rotatable bonds is 6. The second-order valence-corrected chi connectivity index (χ2v) is 6.75. The molecule has 0 spiro atoms. The summed E-state index contributed by atoms with van der Waals surface area (Å²) in [4.78, 5) is 16.5. The topological polar surface area (TPSA) is 115 Å². The van der Waals surface area contributed by atoms with Gasteiger partial charge in [0.15, 0.2) is 5.82 Å². The molecule has 9 nitrogen and oxygen atoms in total. The summed E-state index contributed by atoms with van der Waals surface area (Å²) in [5.41, 5.74) is 1.55. The van der Waals surface area contributed by atoms with Crippen molar-refractivity contribution in [1.29, 1.82) is 0 Å². The van der Waals surface area contributed by atoms with Crippen LogP contribution in [0.15, 0.2) is 34.9 Å². The second-order valence-electron chi connectivity index (χ2n) is 6.00. The Morgan fingerprint density at radius 3 is 3.00 bits per heavy atom. The molecule has 140 valence electrons. The Morgan fingerprint density at radius 2 is 2.19 bits per heavy atom. The molecule has 4 rings (SSSR count). The van der Waals surface area contributed by atoms with Crippen LogP contribution in [0.2, 0.25) is 0 Å². The quantitative estimate of drug-likeness (QED) is 0.669. The van der Waals surface area contributed by atoms with Crippen molar-refractivity contribution < 1.29 is 14.1 Å². The van der Waals surface area contributed by atoms with Gasteiger partial charge < -0.3 is 14.6 Å². The number of aromatic nitrogens is 4. The van der Waals surface area contributed by atoms with Crippen molar-refractivity contribution in [1.82, 2.24) is 25.0 Å². The number of hydrogen-bond donors (Lipinski definition) is 2. The van der Waals surface area contributed by atoms with Crippen LogP contribution in [0.3, 0.4) is 0 Å². The Hall–Kier alpha value is -2.85. The maximum absolute atomic E-state index is 12.1. The van der Waals surface area contributed by atoms with E-state index in [2.05, 4.69) is 30.4 Å². The average molecular weight is 386 g/mol. The summed E-state index contributed by atoms with van der Waals surface area (Å²) in [5, 5.41) is 14.2. The van der Waals surface area contributed by atoms with E-state index in [0.717, 1.165) is 36.5 Å². The van der Waals surface area contributed by atoms with Crippen LogP contribution in [-0.4, -0.2) is 38.9 Å². The molecule has 3 aromatic rings. The van der Waals surface area contributed by atoms with Crippen molar-refractivity contribution in [3.05, 3.63) is 42.0 Å². The molecule has 0 radical (unpaired) electrons. The molecule has 1 saturated heterocycles. The van der Waals surface area contributed by atoms with Crippen molar-refractivity contribution >= 4 is 22.6 Å². The van der Waals surface area contributed by atoms with E-state index in [9.17, 15) is 4.79 Å². The number of ether oxygens (including phenoxy) is 1. The Kier molecular flexibility index (Phi) is 5.35. The molecule has 0 unspecified atom stereocenters. The molecule has 0 aliphatic carbocycles. The zero-order valence-electron chi connectivity index (χ0n) is 14.4. The lowest BCUT2D eigenvalue weighted by Gasteiger charge is -2.06. The fourth-order valence-electron chi connectivity index (χ4n) is 2.76. The van der Waals surface area contributed by atoms with Gasteiger partial charge in [-0.3, -0.25) is 5.32 Å². The smallest absolute Gasteiger partial charge is 0.319 e. The highest BCUT2D eigenvalue weighted by Gasteiger charge is 2.23. The summed E-state index contributed by atoms with van der Waals surface area (Å²) < 4.78 is 14.7. The van der Waals surface area contributed by atoms with E-state index in [0.29, 0.717) is 35.4 Å². The summed E-state index contributed by atoms with van der Waals surface area (Å²) in [6, 6.07) is 9.25. The number of amides is 2. The Bertz CT molecular complexity index is 891. The number of hydrogen-bond acceptors (Lipinski definition) is 8. The summed E-state index contributed by atoms with van der Waals surface area (Å²) in [6.07, 6.45) is 2.27. The molecule has 3 heterocycles. The molecule has 1 atom stereocenters. The van der Waals surface area contributed by atoms with Crippen LogP contribution in [-0.2, 0) is 11.2 Å². The van der Waals surface area contributed by atoms with E-state index in [1.165, 1.54) is 0 Å². The minimum atomic E-state index is -0.332. The molecule has 0 saturated carbocycles. The standard InChI is InChI=1S/C17H18N6O3S/c24-17(20-16-14(21-23-27-16)11-5-2-1-3-6-11)18-9-8-13-19-15(26-22-13)12-7-4-10-25-12/h1-3,5-6,12H,4,7-10H2,(H2,18,20,24)/t12-/m1/s1. The second kappa shape index (κ2) is 8.23. The van der Waals surface area contributed by atoms with Gasteiger partial charge in [0.1, 0.15) is 16.8 Å². The third kappa shape index (κ3) is 4.29. The molecule has 2 N–H and O–H groups in total. The predicted molar refractivity (Wildman–Crippen MR) is 98.3 cm³/mol. The zero-order chi connectivity index (χ0) is 18.5. The number of carbonyl (C=O) groups is 1. The highest BCUT2D eigenvalue weighted by atomic mass is 32.1. The van der Waals surface area contributed by atoms with E-state index in [1.54, 1.807) is 0 Å². The Labute approximate surface area is 159 Å². The summed E-state index contributed by atoms with van der Waals surface area (Å²) >= 11 is 1.13. The Morgan fingerprint density at radius 1 is 1.30 bits per heavy atom. The lowest BCUT2D eigenvalue weighted by molar-refractivity contribution is 0.0835. The van der Waals surface area contributed by atoms with Crippen molar-refractivity contribution in [2.45, 2.75) is 25.4 Å². The number of urea groups is 1. The molecular formula is C17H18N6O3S. The van der Waals surface area contributed by atoms with Crippen molar-refractivity contribution in [2.24, 2.45) is 0 Å². The van der Waals surface area contributed by atoms with Gasteiger partial charge in [0.05, 0.1) is 0 Å². The first kappa shape index (κ1) is 17.6. The molecule has 1 fully saturated rings. The maximum atomic E-state index is 12.1. The van der Waals surface area contributed by atoms with Crippen LogP contribution in [0.4, 0.5) is 9.80 Å². The molecule has 10 heteroatoms. The van der Waals surface area contributed by atoms with Gasteiger partial charge in [0.2, 0.25) is 0 Å². The monoisotopic (exact) mass is 386 g/mol. The van der Waals surface area contributed by atoms with Crippen molar-refractivity contribution in [2.75, 3.05) is 18.5 Å². The molecule has 0 bridgehead atoms. The van der Waals surface area contributed by atoms with Crippen LogP contribution in [0, 0.1) is 0 Å². The summed E-state index contributed by atoms with van der Waals surface area (Å²) in [5.74, 6) is 1.06. The maximum Gasteiger partial charge on any atom is 0.319 e. The predicted octanol–water partition coefficient (Wildman–Crippen LogP) is 2.80. The lowest BCUT2D eigenvalue weighted by atomic mass is 10.2. The fourth-order valence-corrected chi connectivity index (χ4v) is 3.35. The van der Waals surface area contributed by atoms with Gasteiger partial charge in [-0.25, -0.2) is 4.79 Å². The number of benzene rings is 1. The van der Waals surface area contributed by atoms with Gasteiger partial charge in [-0.2, -0.15) is 4.98 Å². The van der Waals surface area contributed by atoms with Gasteiger partial charge >= 0.3 is 6.03 Å². The SMILES string of the molecule is O=C(NCCc1noc([C@H]2CCCO2)n1)Nc1snnc1-c1ccccc1. The van der Waals surface area contributed by atoms with Gasteiger partial charge in [0.25, 0.3) is 5.89 Å². The van der Waals surface area contributed by atoms with E-state index in [4.69, 9.17) is 9.26 Å². The molecule has 1 aliphatic rings. The van der Waals surface area contributed by atoms with Crippen molar-refractivity contribution in [3.63, 3.8) is 0 Å². The molecule has 1 aromatic carbocycles. The minimum Gasteiger partial charge on any atom is -0.368 e. The van der Waals surface area contributed by atoms with Crippen LogP contribution in [0.1, 0.15) is 30.7 Å². The zero-order valence-corrected chi connectivity index (χ0v) is 15.2. The molecule has 2 aromatic heterocycles. The van der Waals surface area contributed by atoms with Crippen LogP contribution in [0.5, 0.6) is 0 Å². The van der Waals surface area contributed by atoms with Crippen molar-refractivity contribution in [3.8, 4) is 11.3 Å².